The number of benzene rings is 5. The second-order valence-corrected chi connectivity index (χ2v) is 11.6. The van der Waals surface area contributed by atoms with Crippen molar-refractivity contribution in [2.45, 2.75) is 20.8 Å². The Morgan fingerprint density at radius 2 is 1.47 bits per heavy atom. The summed E-state index contributed by atoms with van der Waals surface area (Å²) in [7, 11) is 2.04. The summed E-state index contributed by atoms with van der Waals surface area (Å²) < 4.78 is 6.59. The Balaban J connectivity index is 0.000000173. The molecule has 0 spiro atoms. The molecule has 0 aliphatic heterocycles. The molecule has 0 aliphatic rings. The Morgan fingerprint density at radius 3 is 2.27 bits per heavy atom. The normalized spacial score (nSPS) is 11.4. The first-order valence-electron chi connectivity index (χ1n) is 14.9. The number of aryl methyl sites for hydroxylation is 4. The van der Waals surface area contributed by atoms with Crippen molar-refractivity contribution in [2.75, 3.05) is 0 Å². The second kappa shape index (κ2) is 11.3. The van der Waals surface area contributed by atoms with E-state index in [1.54, 1.807) is 0 Å². The third-order valence-corrected chi connectivity index (χ3v) is 8.73. The van der Waals surface area contributed by atoms with Gasteiger partial charge in [-0.05, 0) is 31.2 Å². The van der Waals surface area contributed by atoms with Crippen molar-refractivity contribution in [3.8, 4) is 16.9 Å². The molecule has 0 amide bonds. The molecule has 4 heterocycles. The quantitative estimate of drug-likeness (QED) is 0.128. The number of aromatic nitrogens is 4. The Kier molecular flexibility index (Phi) is 7.24. The van der Waals surface area contributed by atoms with E-state index in [-0.39, 0.29) is 20.1 Å². The van der Waals surface area contributed by atoms with Crippen molar-refractivity contribution < 1.29 is 24.7 Å². The van der Waals surface area contributed by atoms with Gasteiger partial charge in [0, 0.05) is 22.5 Å². The Hall–Kier alpha value is -4.83. The molecule has 5 heteroatoms. The second-order valence-electron chi connectivity index (χ2n) is 11.6. The fraction of sp³-hybridized carbons (Fsp3) is 0.100. The van der Waals surface area contributed by atoms with Crippen molar-refractivity contribution in [3.05, 3.63) is 144 Å². The number of hydrogen-bond acceptors (Lipinski definition) is 1. The maximum absolute atomic E-state index is 4.41. The summed E-state index contributed by atoms with van der Waals surface area (Å²) in [5, 5.41) is 5.08. The summed E-state index contributed by atoms with van der Waals surface area (Å²) in [5.74, 6) is 0. The van der Waals surface area contributed by atoms with Crippen molar-refractivity contribution >= 4 is 49.1 Å². The van der Waals surface area contributed by atoms with E-state index in [9.17, 15) is 0 Å². The molecule has 4 aromatic heterocycles. The number of fused-ring (bicyclic) bond motifs is 7. The van der Waals surface area contributed by atoms with Gasteiger partial charge in [-0.3, -0.25) is 0 Å². The largest absolute Gasteiger partial charge is 3.00 e. The van der Waals surface area contributed by atoms with E-state index in [4.69, 9.17) is 0 Å². The van der Waals surface area contributed by atoms with Crippen molar-refractivity contribution in [1.82, 2.24) is 14.0 Å². The molecule has 0 saturated carbocycles. The van der Waals surface area contributed by atoms with Crippen molar-refractivity contribution in [1.29, 1.82) is 0 Å². The molecule has 0 radical (unpaired) electrons. The van der Waals surface area contributed by atoms with Gasteiger partial charge in [-0.15, -0.1) is 41.5 Å². The standard InChI is InChI=1S/C26H16N3.C14H14N.Ir/c1-27-16-28(22-13-5-4-12-21(22)27)23-14-7-15-24-25(23)19-10-6-9-18-17-8-2-3-11-20(17)29(24)26(18)19;1-10-4-6-13(7-5-10)14-8-11(2)12(3)9-15-14;/h2-13,15H,1H3;4-6,8-9H,1-3H3;/q2*-1;+3. The van der Waals surface area contributed by atoms with Gasteiger partial charge in [-0.2, -0.15) is 12.1 Å². The van der Waals surface area contributed by atoms with E-state index in [2.05, 4.69) is 144 Å². The van der Waals surface area contributed by atoms with Crippen LogP contribution in [0, 0.1) is 39.2 Å². The number of imidazole rings is 1. The average Bonchev–Trinajstić information content (AvgIpc) is 3.70. The Labute approximate surface area is 275 Å². The number of para-hydroxylation sites is 4. The molecular weight excluding hydrogens is 729 g/mol. The van der Waals surface area contributed by atoms with Crippen LogP contribution < -0.4 is 4.57 Å². The summed E-state index contributed by atoms with van der Waals surface area (Å²) in [5.41, 5.74) is 12.8. The summed E-state index contributed by atoms with van der Waals surface area (Å²) in [6.07, 6.45) is 5.39. The van der Waals surface area contributed by atoms with Crippen LogP contribution in [0.15, 0.2) is 109 Å². The molecule has 0 aliphatic carbocycles. The number of pyridine rings is 1. The number of rotatable bonds is 2. The molecule has 0 atom stereocenters. The van der Waals surface area contributed by atoms with Crippen molar-refractivity contribution in [3.63, 3.8) is 0 Å². The van der Waals surface area contributed by atoms with E-state index in [1.165, 1.54) is 54.8 Å². The fourth-order valence-corrected chi connectivity index (χ4v) is 6.37. The molecular formula is C40H30IrN4+. The number of nitrogens with zero attached hydrogens (tertiary/aromatic N) is 4. The fourth-order valence-electron chi connectivity index (χ4n) is 6.37. The van der Waals surface area contributed by atoms with Gasteiger partial charge in [0.05, 0.1) is 23.6 Å². The predicted octanol–water partition coefficient (Wildman–Crippen LogP) is 8.68. The molecule has 0 saturated heterocycles. The van der Waals surface area contributed by atoms with Gasteiger partial charge < -0.3 is 18.5 Å². The maximum Gasteiger partial charge on any atom is 3.00 e. The third-order valence-electron chi connectivity index (χ3n) is 8.73. The minimum Gasteiger partial charge on any atom is -0.341 e. The van der Waals surface area contributed by atoms with Crippen LogP contribution in [0.3, 0.4) is 0 Å². The zero-order valence-corrected chi connectivity index (χ0v) is 27.9. The molecule has 5 aromatic carbocycles. The van der Waals surface area contributed by atoms with Gasteiger partial charge in [0.15, 0.2) is 0 Å². The van der Waals surface area contributed by atoms with E-state index < -0.39 is 0 Å². The van der Waals surface area contributed by atoms with Crippen LogP contribution in [0.4, 0.5) is 0 Å². The predicted molar refractivity (Wildman–Crippen MR) is 180 cm³/mol. The molecule has 9 rings (SSSR count). The molecule has 0 bridgehead atoms. The van der Waals surface area contributed by atoms with Crippen molar-refractivity contribution in [2.24, 2.45) is 7.05 Å². The first-order chi connectivity index (χ1) is 21.5. The van der Waals surface area contributed by atoms with Crippen LogP contribution in [0.2, 0.25) is 0 Å². The van der Waals surface area contributed by atoms with E-state index in [1.807, 2.05) is 29.9 Å². The average molecular weight is 759 g/mol. The smallest absolute Gasteiger partial charge is 0.341 e. The summed E-state index contributed by atoms with van der Waals surface area (Å²) in [4.78, 5) is 4.41. The van der Waals surface area contributed by atoms with Crippen LogP contribution in [0.5, 0.6) is 0 Å². The first kappa shape index (κ1) is 28.9. The van der Waals surface area contributed by atoms with Gasteiger partial charge in [-0.1, -0.05) is 101 Å². The minimum absolute atomic E-state index is 0. The first-order valence-corrected chi connectivity index (χ1v) is 14.9. The summed E-state index contributed by atoms with van der Waals surface area (Å²) in [6.45, 7) is 6.24. The molecule has 0 N–H and O–H groups in total. The topological polar surface area (TPSA) is 26.1 Å². The molecule has 0 fully saturated rings. The maximum atomic E-state index is 4.41. The Morgan fingerprint density at radius 1 is 0.711 bits per heavy atom. The van der Waals surface area contributed by atoms with Gasteiger partial charge in [-0.25, -0.2) is 0 Å². The summed E-state index contributed by atoms with van der Waals surface area (Å²) >= 11 is 0. The van der Waals surface area contributed by atoms with Crippen LogP contribution in [-0.4, -0.2) is 14.0 Å². The van der Waals surface area contributed by atoms with E-state index in [0.29, 0.717) is 0 Å². The van der Waals surface area contributed by atoms with Gasteiger partial charge >= 0.3 is 20.1 Å². The summed E-state index contributed by atoms with van der Waals surface area (Å²) in [6, 6.07) is 42.9. The SMILES string of the molecule is C[n+]1[c-]n(-c2[c-]ccc3c2c2cccc4c5ccccc5n3c42)c2ccccc21.Cc1c[c-]c(-c2cc(C)c(C)cn2)cc1.[Ir+3]. The number of hydrogen-bond donors (Lipinski definition) is 0. The molecule has 45 heavy (non-hydrogen) atoms. The molecule has 4 nitrogen and oxygen atoms in total. The van der Waals surface area contributed by atoms with Gasteiger partial charge in [0.2, 0.25) is 6.33 Å². The van der Waals surface area contributed by atoms with Gasteiger partial charge in [0.1, 0.15) is 0 Å². The van der Waals surface area contributed by atoms with Crippen LogP contribution in [0.1, 0.15) is 16.7 Å². The molecule has 0 unspecified atom stereocenters. The van der Waals surface area contributed by atoms with Crippen LogP contribution in [-0.2, 0) is 27.2 Å². The Bertz CT molecular complexity index is 2480. The monoisotopic (exact) mass is 759 g/mol. The molecule has 218 valence electrons. The zero-order chi connectivity index (χ0) is 29.9. The minimum atomic E-state index is 0. The van der Waals surface area contributed by atoms with Crippen LogP contribution in [0.25, 0.3) is 66.1 Å². The third kappa shape index (κ3) is 4.62. The van der Waals surface area contributed by atoms with E-state index >= 15 is 0 Å². The molecule has 9 aromatic rings. The van der Waals surface area contributed by atoms with Gasteiger partial charge in [0.25, 0.3) is 0 Å². The zero-order valence-electron chi connectivity index (χ0n) is 25.5. The van der Waals surface area contributed by atoms with Crippen LogP contribution >= 0.6 is 0 Å². The van der Waals surface area contributed by atoms with E-state index in [0.717, 1.165) is 28.0 Å².